The number of halogens is 1. The van der Waals surface area contributed by atoms with Gasteiger partial charge in [-0.3, -0.25) is 4.79 Å². The highest BCUT2D eigenvalue weighted by Gasteiger charge is 2.13. The van der Waals surface area contributed by atoms with E-state index in [0.717, 1.165) is 23.4 Å². The maximum Gasteiger partial charge on any atom is 0.274 e. The Morgan fingerprint density at radius 1 is 1.10 bits per heavy atom. The molecule has 1 aliphatic rings. The molecule has 0 aliphatic carbocycles. The van der Waals surface area contributed by atoms with Crippen molar-refractivity contribution in [2.45, 2.75) is 12.8 Å². The fourth-order valence-corrected chi connectivity index (χ4v) is 2.53. The fraction of sp³-hybridized carbons (Fsp3) is 0.267. The van der Waals surface area contributed by atoms with Gasteiger partial charge in [0.1, 0.15) is 11.5 Å². The summed E-state index contributed by atoms with van der Waals surface area (Å²) in [5.41, 5.74) is 1.05. The lowest BCUT2D eigenvalue weighted by molar-refractivity contribution is 0.102. The van der Waals surface area contributed by atoms with Crippen LogP contribution in [-0.2, 0) is 0 Å². The molecule has 0 radical (unpaired) electrons. The second kappa shape index (κ2) is 6.22. The number of rotatable bonds is 3. The zero-order chi connectivity index (χ0) is 14.7. The quantitative estimate of drug-likeness (QED) is 0.927. The molecule has 5 nitrogen and oxygen atoms in total. The average molecular weight is 347 g/mol. The zero-order valence-corrected chi connectivity index (χ0v) is 13.0. The summed E-state index contributed by atoms with van der Waals surface area (Å²) in [6, 6.07) is 7.27. The van der Waals surface area contributed by atoms with E-state index >= 15 is 0 Å². The van der Waals surface area contributed by atoms with Gasteiger partial charge < -0.3 is 10.2 Å². The van der Waals surface area contributed by atoms with Gasteiger partial charge in [-0.15, -0.1) is 0 Å². The Bertz CT molecular complexity index is 621. The lowest BCUT2D eigenvalue weighted by atomic mass is 10.3. The molecule has 2 aromatic rings. The second-order valence-electron chi connectivity index (χ2n) is 4.92. The molecule has 3 rings (SSSR count). The summed E-state index contributed by atoms with van der Waals surface area (Å²) in [6.07, 6.45) is 5.72. The SMILES string of the molecule is O=C(Nc1ccc(N2CCCC2)nc1)c1ccc(Br)cn1. The predicted molar refractivity (Wildman–Crippen MR) is 85.6 cm³/mol. The average Bonchev–Trinajstić information content (AvgIpc) is 3.03. The van der Waals surface area contributed by atoms with Gasteiger partial charge in [-0.05, 0) is 53.0 Å². The molecule has 0 unspecified atom stereocenters. The molecule has 0 aromatic carbocycles. The molecule has 2 aromatic heterocycles. The molecule has 0 atom stereocenters. The Morgan fingerprint density at radius 3 is 2.52 bits per heavy atom. The van der Waals surface area contributed by atoms with Crippen LogP contribution in [0.5, 0.6) is 0 Å². The highest BCUT2D eigenvalue weighted by molar-refractivity contribution is 9.10. The number of aromatic nitrogens is 2. The molecule has 0 spiro atoms. The minimum absolute atomic E-state index is 0.238. The van der Waals surface area contributed by atoms with E-state index in [1.807, 2.05) is 12.1 Å². The number of nitrogens with zero attached hydrogens (tertiary/aromatic N) is 3. The van der Waals surface area contributed by atoms with Crippen molar-refractivity contribution >= 4 is 33.3 Å². The van der Waals surface area contributed by atoms with Crippen molar-refractivity contribution in [2.75, 3.05) is 23.3 Å². The number of nitrogens with one attached hydrogen (secondary N) is 1. The third-order valence-electron chi connectivity index (χ3n) is 3.40. The van der Waals surface area contributed by atoms with Crippen molar-refractivity contribution in [1.29, 1.82) is 0 Å². The summed E-state index contributed by atoms with van der Waals surface area (Å²) in [5.74, 6) is 0.727. The summed E-state index contributed by atoms with van der Waals surface area (Å²) in [4.78, 5) is 22.8. The van der Waals surface area contributed by atoms with Crippen LogP contribution in [-0.4, -0.2) is 29.0 Å². The van der Waals surface area contributed by atoms with Crippen molar-refractivity contribution in [1.82, 2.24) is 9.97 Å². The Morgan fingerprint density at radius 2 is 1.90 bits per heavy atom. The topological polar surface area (TPSA) is 58.1 Å². The van der Waals surface area contributed by atoms with E-state index in [1.165, 1.54) is 12.8 Å². The summed E-state index contributed by atoms with van der Waals surface area (Å²) < 4.78 is 0.843. The number of pyridine rings is 2. The molecule has 1 amide bonds. The number of hydrogen-bond donors (Lipinski definition) is 1. The lowest BCUT2D eigenvalue weighted by Gasteiger charge is -2.16. The van der Waals surface area contributed by atoms with Gasteiger partial charge >= 0.3 is 0 Å². The Labute approximate surface area is 131 Å². The highest BCUT2D eigenvalue weighted by Crippen LogP contribution is 2.19. The number of anilines is 2. The van der Waals surface area contributed by atoms with Crippen LogP contribution in [0.4, 0.5) is 11.5 Å². The summed E-state index contributed by atoms with van der Waals surface area (Å²) in [6.45, 7) is 2.11. The smallest absolute Gasteiger partial charge is 0.274 e. The van der Waals surface area contributed by atoms with Crippen molar-refractivity contribution < 1.29 is 4.79 Å². The van der Waals surface area contributed by atoms with Crippen molar-refractivity contribution in [3.05, 3.63) is 46.8 Å². The summed E-state index contributed by atoms with van der Waals surface area (Å²) >= 11 is 3.29. The van der Waals surface area contributed by atoms with Gasteiger partial charge in [-0.1, -0.05) is 0 Å². The molecule has 0 bridgehead atoms. The number of carbonyl (C=O) groups is 1. The molecule has 1 N–H and O–H groups in total. The molecule has 21 heavy (non-hydrogen) atoms. The first-order valence-corrected chi connectivity index (χ1v) is 7.65. The maximum absolute atomic E-state index is 12.0. The third-order valence-corrected chi connectivity index (χ3v) is 3.86. The van der Waals surface area contributed by atoms with Crippen LogP contribution in [0.2, 0.25) is 0 Å². The molecule has 108 valence electrons. The summed E-state index contributed by atoms with van der Waals surface area (Å²) in [7, 11) is 0. The molecule has 1 aliphatic heterocycles. The highest BCUT2D eigenvalue weighted by atomic mass is 79.9. The van der Waals surface area contributed by atoms with Crippen LogP contribution in [0.25, 0.3) is 0 Å². The van der Waals surface area contributed by atoms with E-state index < -0.39 is 0 Å². The second-order valence-corrected chi connectivity index (χ2v) is 5.83. The maximum atomic E-state index is 12.0. The lowest BCUT2D eigenvalue weighted by Crippen LogP contribution is -2.19. The monoisotopic (exact) mass is 346 g/mol. The van der Waals surface area contributed by atoms with Crippen molar-refractivity contribution in [3.8, 4) is 0 Å². The minimum Gasteiger partial charge on any atom is -0.357 e. The fourth-order valence-electron chi connectivity index (χ4n) is 2.30. The van der Waals surface area contributed by atoms with Crippen LogP contribution in [0.15, 0.2) is 41.1 Å². The molecule has 6 heteroatoms. The van der Waals surface area contributed by atoms with E-state index in [4.69, 9.17) is 0 Å². The third kappa shape index (κ3) is 3.39. The van der Waals surface area contributed by atoms with Crippen LogP contribution in [0, 0.1) is 0 Å². The Hall–Kier alpha value is -1.95. The summed E-state index contributed by atoms with van der Waals surface area (Å²) in [5, 5.41) is 2.80. The van der Waals surface area contributed by atoms with Gasteiger partial charge in [0.25, 0.3) is 5.91 Å². The normalized spacial score (nSPS) is 14.2. The van der Waals surface area contributed by atoms with E-state index in [9.17, 15) is 4.79 Å². The molecular weight excluding hydrogens is 332 g/mol. The van der Waals surface area contributed by atoms with Crippen LogP contribution in [0.1, 0.15) is 23.3 Å². The van der Waals surface area contributed by atoms with E-state index in [1.54, 1.807) is 24.5 Å². The van der Waals surface area contributed by atoms with Gasteiger partial charge in [-0.2, -0.15) is 0 Å². The molecule has 1 fully saturated rings. The largest absolute Gasteiger partial charge is 0.357 e. The number of hydrogen-bond acceptors (Lipinski definition) is 4. The van der Waals surface area contributed by atoms with Crippen molar-refractivity contribution in [2.24, 2.45) is 0 Å². The van der Waals surface area contributed by atoms with E-state index in [2.05, 4.69) is 36.1 Å². The van der Waals surface area contributed by atoms with Gasteiger partial charge in [0.2, 0.25) is 0 Å². The first-order valence-electron chi connectivity index (χ1n) is 6.86. The minimum atomic E-state index is -0.238. The van der Waals surface area contributed by atoms with Crippen LogP contribution < -0.4 is 10.2 Å². The first-order chi connectivity index (χ1) is 10.2. The van der Waals surface area contributed by atoms with Crippen LogP contribution in [0.3, 0.4) is 0 Å². The standard InChI is InChI=1S/C15H15BrN4O/c16-11-3-5-13(17-9-11)15(21)19-12-4-6-14(18-10-12)20-7-1-2-8-20/h3-6,9-10H,1-2,7-8H2,(H,19,21). The Balaban J connectivity index is 1.67. The molecular formula is C15H15BrN4O. The van der Waals surface area contributed by atoms with E-state index in [0.29, 0.717) is 11.4 Å². The van der Waals surface area contributed by atoms with Gasteiger partial charge in [0.15, 0.2) is 0 Å². The van der Waals surface area contributed by atoms with Crippen LogP contribution >= 0.6 is 15.9 Å². The number of amides is 1. The Kier molecular flexibility index (Phi) is 4.15. The molecule has 0 saturated carbocycles. The van der Waals surface area contributed by atoms with Crippen molar-refractivity contribution in [3.63, 3.8) is 0 Å². The molecule has 3 heterocycles. The van der Waals surface area contributed by atoms with E-state index in [-0.39, 0.29) is 5.91 Å². The number of carbonyl (C=O) groups excluding carboxylic acids is 1. The van der Waals surface area contributed by atoms with Gasteiger partial charge in [0, 0.05) is 23.8 Å². The van der Waals surface area contributed by atoms with Gasteiger partial charge in [-0.25, -0.2) is 9.97 Å². The van der Waals surface area contributed by atoms with Gasteiger partial charge in [0.05, 0.1) is 11.9 Å². The molecule has 1 saturated heterocycles. The first kappa shape index (κ1) is 14.0. The zero-order valence-electron chi connectivity index (χ0n) is 11.4. The predicted octanol–water partition coefficient (Wildman–Crippen LogP) is 3.09.